The molecular weight excluding hydrogens is 236 g/mol. The Hall–Kier alpha value is -1.03. The fourth-order valence-corrected chi connectivity index (χ4v) is 1.37. The van der Waals surface area contributed by atoms with Crippen LogP contribution in [0.4, 0.5) is 0 Å². The molecule has 0 saturated heterocycles. The van der Waals surface area contributed by atoms with Crippen LogP contribution in [0.5, 0.6) is 5.75 Å². The van der Waals surface area contributed by atoms with Crippen LogP contribution in [0.15, 0.2) is 22.7 Å². The molecule has 0 bridgehead atoms. The largest absolute Gasteiger partial charge is 0.508 e. The van der Waals surface area contributed by atoms with E-state index in [1.54, 1.807) is 12.1 Å². The van der Waals surface area contributed by atoms with E-state index in [2.05, 4.69) is 15.9 Å². The molecule has 13 heavy (non-hydrogen) atoms. The van der Waals surface area contributed by atoms with E-state index in [0.29, 0.717) is 5.56 Å². The highest BCUT2D eigenvalue weighted by Gasteiger charge is 2.16. The molecule has 0 heterocycles. The molecule has 0 aliphatic rings. The standard InChI is InChI=1S/C9H9BrO3/c1-5(9(12)13)7-3-2-6(10)4-8(7)11/h2-5,11H,1H3,(H,12,13). The summed E-state index contributed by atoms with van der Waals surface area (Å²) < 4.78 is 0.728. The van der Waals surface area contributed by atoms with Gasteiger partial charge in [0.25, 0.3) is 0 Å². The van der Waals surface area contributed by atoms with E-state index in [-0.39, 0.29) is 5.75 Å². The van der Waals surface area contributed by atoms with Gasteiger partial charge in [0, 0.05) is 10.0 Å². The molecule has 0 aromatic heterocycles. The molecule has 0 fully saturated rings. The number of hydrogen-bond acceptors (Lipinski definition) is 2. The SMILES string of the molecule is CC(C(=O)O)c1ccc(Br)cc1O. The van der Waals surface area contributed by atoms with Crippen molar-refractivity contribution in [3.8, 4) is 5.75 Å². The minimum Gasteiger partial charge on any atom is -0.508 e. The number of carbonyl (C=O) groups is 1. The van der Waals surface area contributed by atoms with Crippen molar-refractivity contribution in [3.63, 3.8) is 0 Å². The van der Waals surface area contributed by atoms with Gasteiger partial charge < -0.3 is 10.2 Å². The van der Waals surface area contributed by atoms with Crippen molar-refractivity contribution >= 4 is 21.9 Å². The summed E-state index contributed by atoms with van der Waals surface area (Å²) in [5, 5.41) is 18.1. The number of benzene rings is 1. The van der Waals surface area contributed by atoms with Gasteiger partial charge in [-0.3, -0.25) is 4.79 Å². The lowest BCUT2D eigenvalue weighted by atomic mass is 10.0. The molecule has 70 valence electrons. The Morgan fingerprint density at radius 1 is 1.54 bits per heavy atom. The Morgan fingerprint density at radius 3 is 2.62 bits per heavy atom. The maximum atomic E-state index is 10.6. The second-order valence-electron chi connectivity index (χ2n) is 2.76. The van der Waals surface area contributed by atoms with Gasteiger partial charge in [-0.2, -0.15) is 0 Å². The van der Waals surface area contributed by atoms with Crippen LogP contribution >= 0.6 is 15.9 Å². The monoisotopic (exact) mass is 244 g/mol. The molecule has 0 aliphatic heterocycles. The van der Waals surface area contributed by atoms with E-state index in [1.165, 1.54) is 13.0 Å². The zero-order valence-corrected chi connectivity index (χ0v) is 8.58. The fourth-order valence-electron chi connectivity index (χ4n) is 1.02. The normalized spacial score (nSPS) is 12.5. The third-order valence-corrected chi connectivity index (χ3v) is 2.32. The number of phenolic OH excluding ortho intramolecular Hbond substituents is 1. The molecule has 0 spiro atoms. The van der Waals surface area contributed by atoms with E-state index < -0.39 is 11.9 Å². The number of carboxylic acids is 1. The van der Waals surface area contributed by atoms with Crippen molar-refractivity contribution in [2.45, 2.75) is 12.8 Å². The zero-order chi connectivity index (χ0) is 10.0. The second kappa shape index (κ2) is 3.79. The number of phenols is 1. The summed E-state index contributed by atoms with van der Waals surface area (Å²) in [6.07, 6.45) is 0. The molecule has 1 aromatic carbocycles. The minimum atomic E-state index is -0.947. The molecule has 0 amide bonds. The number of hydrogen-bond donors (Lipinski definition) is 2. The predicted octanol–water partition coefficient (Wildman–Crippen LogP) is 2.34. The van der Waals surface area contributed by atoms with Crippen LogP contribution in [0.2, 0.25) is 0 Å². The van der Waals surface area contributed by atoms with Gasteiger partial charge in [0.1, 0.15) is 5.75 Å². The van der Waals surface area contributed by atoms with Gasteiger partial charge in [-0.1, -0.05) is 22.0 Å². The lowest BCUT2D eigenvalue weighted by molar-refractivity contribution is -0.138. The fraction of sp³-hybridized carbons (Fsp3) is 0.222. The number of aliphatic carboxylic acids is 1. The minimum absolute atomic E-state index is 0.00396. The molecular formula is C9H9BrO3. The molecule has 0 aliphatic carbocycles. The highest BCUT2D eigenvalue weighted by molar-refractivity contribution is 9.10. The Morgan fingerprint density at radius 2 is 2.15 bits per heavy atom. The molecule has 2 N–H and O–H groups in total. The van der Waals surface area contributed by atoms with Crippen molar-refractivity contribution in [2.75, 3.05) is 0 Å². The van der Waals surface area contributed by atoms with Gasteiger partial charge in [-0.25, -0.2) is 0 Å². The summed E-state index contributed by atoms with van der Waals surface area (Å²) in [5.74, 6) is -1.63. The van der Waals surface area contributed by atoms with E-state index >= 15 is 0 Å². The summed E-state index contributed by atoms with van der Waals surface area (Å²) in [6, 6.07) is 4.78. The summed E-state index contributed by atoms with van der Waals surface area (Å²) in [5.41, 5.74) is 0.427. The van der Waals surface area contributed by atoms with E-state index in [9.17, 15) is 9.90 Å². The second-order valence-corrected chi connectivity index (χ2v) is 3.68. The first kappa shape index (κ1) is 10.1. The van der Waals surface area contributed by atoms with Gasteiger partial charge in [0.05, 0.1) is 5.92 Å². The van der Waals surface area contributed by atoms with Gasteiger partial charge in [0.2, 0.25) is 0 Å². The first-order chi connectivity index (χ1) is 6.02. The van der Waals surface area contributed by atoms with Crippen LogP contribution in [0.1, 0.15) is 18.4 Å². The van der Waals surface area contributed by atoms with Crippen LogP contribution in [0.3, 0.4) is 0 Å². The van der Waals surface area contributed by atoms with Gasteiger partial charge in [-0.05, 0) is 19.1 Å². The number of rotatable bonds is 2. The van der Waals surface area contributed by atoms with Gasteiger partial charge >= 0.3 is 5.97 Å². The summed E-state index contributed by atoms with van der Waals surface area (Å²) in [7, 11) is 0. The molecule has 1 rings (SSSR count). The first-order valence-corrected chi connectivity index (χ1v) is 4.53. The number of halogens is 1. The molecule has 0 saturated carbocycles. The average Bonchev–Trinajstić information content (AvgIpc) is 2.03. The Kier molecular flexibility index (Phi) is 2.93. The first-order valence-electron chi connectivity index (χ1n) is 3.73. The highest BCUT2D eigenvalue weighted by atomic mass is 79.9. The Balaban J connectivity index is 3.08. The van der Waals surface area contributed by atoms with E-state index in [4.69, 9.17) is 5.11 Å². The molecule has 3 nitrogen and oxygen atoms in total. The lowest BCUT2D eigenvalue weighted by Crippen LogP contribution is -2.07. The third-order valence-electron chi connectivity index (χ3n) is 1.83. The van der Waals surface area contributed by atoms with Crippen LogP contribution in [0.25, 0.3) is 0 Å². The zero-order valence-electron chi connectivity index (χ0n) is 6.99. The van der Waals surface area contributed by atoms with Crippen LogP contribution in [-0.2, 0) is 4.79 Å². The van der Waals surface area contributed by atoms with Crippen molar-refractivity contribution in [1.29, 1.82) is 0 Å². The number of carboxylic acid groups (broad SMARTS) is 1. The van der Waals surface area contributed by atoms with Crippen molar-refractivity contribution in [1.82, 2.24) is 0 Å². The Labute approximate surface area is 84.1 Å². The molecule has 1 aromatic rings. The maximum Gasteiger partial charge on any atom is 0.310 e. The summed E-state index contributed by atoms with van der Waals surface area (Å²) >= 11 is 3.17. The van der Waals surface area contributed by atoms with Crippen molar-refractivity contribution in [2.24, 2.45) is 0 Å². The van der Waals surface area contributed by atoms with Crippen molar-refractivity contribution in [3.05, 3.63) is 28.2 Å². The summed E-state index contributed by atoms with van der Waals surface area (Å²) in [4.78, 5) is 10.6. The molecule has 4 heteroatoms. The van der Waals surface area contributed by atoms with Crippen molar-refractivity contribution < 1.29 is 15.0 Å². The van der Waals surface area contributed by atoms with Crippen LogP contribution in [-0.4, -0.2) is 16.2 Å². The molecule has 0 radical (unpaired) electrons. The van der Waals surface area contributed by atoms with E-state index in [0.717, 1.165) is 4.47 Å². The summed E-state index contributed by atoms with van der Waals surface area (Å²) in [6.45, 7) is 1.53. The van der Waals surface area contributed by atoms with Gasteiger partial charge in [-0.15, -0.1) is 0 Å². The van der Waals surface area contributed by atoms with Crippen LogP contribution < -0.4 is 0 Å². The van der Waals surface area contributed by atoms with E-state index in [1.807, 2.05) is 0 Å². The smallest absolute Gasteiger partial charge is 0.310 e. The highest BCUT2D eigenvalue weighted by Crippen LogP contribution is 2.28. The topological polar surface area (TPSA) is 57.5 Å². The molecule has 1 atom stereocenters. The Bertz CT molecular complexity index is 336. The van der Waals surface area contributed by atoms with Gasteiger partial charge in [0.15, 0.2) is 0 Å². The molecule has 1 unspecified atom stereocenters. The van der Waals surface area contributed by atoms with Crippen LogP contribution in [0, 0.1) is 0 Å². The quantitative estimate of drug-likeness (QED) is 0.840. The maximum absolute atomic E-state index is 10.6. The lowest BCUT2D eigenvalue weighted by Gasteiger charge is -2.08. The number of aromatic hydroxyl groups is 1. The average molecular weight is 245 g/mol. The third kappa shape index (κ3) is 2.21. The predicted molar refractivity (Wildman–Crippen MR) is 51.9 cm³/mol.